The molecule has 1 aliphatic rings. The van der Waals surface area contributed by atoms with E-state index in [0.29, 0.717) is 25.7 Å². The van der Waals surface area contributed by atoms with Crippen molar-refractivity contribution in [1.82, 2.24) is 0 Å². The van der Waals surface area contributed by atoms with E-state index >= 15 is 0 Å². The minimum absolute atomic E-state index is 0.411. The fraction of sp³-hybridized carbons (Fsp3) is 0.938. The second-order valence-corrected chi connectivity index (χ2v) is 9.50. The molecule has 1 N–H and O–H groups in total. The predicted molar refractivity (Wildman–Crippen MR) is 95.7 cm³/mol. The van der Waals surface area contributed by atoms with Gasteiger partial charge in [-0.3, -0.25) is 4.79 Å². The highest BCUT2D eigenvalue weighted by molar-refractivity contribution is 14.1. The van der Waals surface area contributed by atoms with Gasteiger partial charge in [-0.1, -0.05) is 67.4 Å². The Hall–Kier alpha value is -0.195. The highest BCUT2D eigenvalue weighted by Gasteiger charge is 2.75. The van der Waals surface area contributed by atoms with Crippen molar-refractivity contribution >= 4 is 36.4 Å². The fourth-order valence-electron chi connectivity index (χ4n) is 2.99. The van der Waals surface area contributed by atoms with Crippen molar-refractivity contribution < 1.29 is 41.0 Å². The highest BCUT2D eigenvalue weighted by Crippen LogP contribution is 2.49. The highest BCUT2D eigenvalue weighted by atomic mass is 127. The molecule has 1 aliphatic carbocycles. The largest absolute Gasteiger partial charge is 0.458 e. The maximum atomic E-state index is 13.3. The summed E-state index contributed by atoms with van der Waals surface area (Å²) < 4.78 is 83.1. The Morgan fingerprint density at radius 3 is 1.96 bits per heavy atom. The summed E-state index contributed by atoms with van der Waals surface area (Å²) in [4.78, 5) is 12.3. The Bertz CT molecular complexity index is 501. The molecule has 156 valence electrons. The molecule has 1 fully saturated rings. The zero-order valence-electron chi connectivity index (χ0n) is 15.0. The number of aliphatic hydroxyl groups is 1. The number of hydrogen-bond acceptors (Lipinski definition) is 3. The summed E-state index contributed by atoms with van der Waals surface area (Å²) in [6, 6.07) is 0. The van der Waals surface area contributed by atoms with Crippen LogP contribution in [0.1, 0.15) is 52.4 Å². The van der Waals surface area contributed by atoms with Gasteiger partial charge in [0.05, 0.1) is 7.85 Å². The Kier molecular flexibility index (Phi) is 7.97. The minimum Gasteiger partial charge on any atom is -0.458 e. The molecule has 3 unspecified atom stereocenters. The maximum absolute atomic E-state index is 13.3. The molecule has 0 spiro atoms. The number of rotatable bonds is 6. The number of ether oxygens (including phenoxy) is 1. The number of carbonyl (C=O) groups is 1. The molecule has 0 aromatic carbocycles. The Morgan fingerprint density at radius 2 is 1.59 bits per heavy atom. The van der Waals surface area contributed by atoms with E-state index in [4.69, 9.17) is 7.85 Å². The summed E-state index contributed by atoms with van der Waals surface area (Å²) in [6.07, 6.45) is -12.7. The summed E-state index contributed by atoms with van der Waals surface area (Å²) in [7, 11) is 5.60. The van der Waals surface area contributed by atoms with Crippen molar-refractivity contribution in [3.63, 3.8) is 0 Å². The van der Waals surface area contributed by atoms with Gasteiger partial charge in [0.15, 0.2) is 0 Å². The number of carbonyl (C=O) groups excluding carboxylic acids is 1. The lowest BCUT2D eigenvalue weighted by molar-refractivity contribution is -0.392. The molecule has 0 bridgehead atoms. The van der Waals surface area contributed by atoms with Crippen molar-refractivity contribution in [1.29, 1.82) is 0 Å². The fourth-order valence-corrected chi connectivity index (χ4v) is 3.11. The van der Waals surface area contributed by atoms with Crippen molar-refractivity contribution in [2.45, 2.75) is 85.7 Å². The first kappa shape index (κ1) is 24.8. The second-order valence-electron chi connectivity index (χ2n) is 7.26. The molecular formula is C16H22BF6IO3. The van der Waals surface area contributed by atoms with E-state index in [-0.39, 0.29) is 0 Å². The Morgan fingerprint density at radius 1 is 1.15 bits per heavy atom. The van der Waals surface area contributed by atoms with Crippen LogP contribution in [0.3, 0.4) is 0 Å². The lowest BCUT2D eigenvalue weighted by Crippen LogP contribution is -2.66. The molecule has 0 aromatic heterocycles. The number of hydrogen-bond donors (Lipinski definition) is 1. The average molecular weight is 514 g/mol. The van der Waals surface area contributed by atoms with Gasteiger partial charge in [-0.2, -0.15) is 26.3 Å². The molecule has 1 rings (SSSR count). The van der Waals surface area contributed by atoms with Crippen LogP contribution < -0.4 is 0 Å². The summed E-state index contributed by atoms with van der Waals surface area (Å²) in [5.41, 5.74) is -5.16. The number of halogens is 7. The molecule has 0 saturated heterocycles. The summed E-state index contributed by atoms with van der Waals surface area (Å²) in [5.74, 6) is -2.74. The van der Waals surface area contributed by atoms with Gasteiger partial charge in [-0.15, -0.1) is 0 Å². The van der Waals surface area contributed by atoms with E-state index in [9.17, 15) is 36.2 Å². The van der Waals surface area contributed by atoms with Gasteiger partial charge in [-0.25, -0.2) is 0 Å². The van der Waals surface area contributed by atoms with Crippen LogP contribution >= 0.6 is 22.6 Å². The SMILES string of the molecule is [B]C(C)C(C)(I)C(=O)OC(CC1CCCCC1)C(O)(C(F)(F)F)C(F)(F)F. The minimum atomic E-state index is -6.07. The van der Waals surface area contributed by atoms with Gasteiger partial charge in [0, 0.05) is 0 Å². The maximum Gasteiger partial charge on any atom is 0.430 e. The third kappa shape index (κ3) is 5.45. The van der Waals surface area contributed by atoms with Gasteiger partial charge in [0.25, 0.3) is 5.60 Å². The second kappa shape index (κ2) is 8.67. The molecule has 0 heterocycles. The third-order valence-corrected chi connectivity index (χ3v) is 6.53. The number of alkyl halides is 7. The standard InChI is InChI=1S/C16H22BF6IO3/c1-9(17)13(2,24)12(25)27-11(8-10-6-4-3-5-7-10)14(26,15(18,19)20)16(21,22)23/h9-11,26H,3-8H2,1-2H3. The van der Waals surface area contributed by atoms with Crippen LogP contribution in [0, 0.1) is 5.92 Å². The lowest BCUT2D eigenvalue weighted by atomic mass is 9.78. The molecule has 27 heavy (non-hydrogen) atoms. The molecule has 0 aliphatic heterocycles. The first-order valence-corrected chi connectivity index (χ1v) is 9.64. The molecule has 3 atom stereocenters. The van der Waals surface area contributed by atoms with Gasteiger partial charge in [-0.05, 0) is 19.3 Å². The van der Waals surface area contributed by atoms with Crippen molar-refractivity contribution in [3.8, 4) is 0 Å². The van der Waals surface area contributed by atoms with Crippen LogP contribution in [0.4, 0.5) is 26.3 Å². The van der Waals surface area contributed by atoms with Crippen LogP contribution in [0.15, 0.2) is 0 Å². The van der Waals surface area contributed by atoms with Crippen molar-refractivity contribution in [3.05, 3.63) is 0 Å². The molecule has 11 heteroatoms. The third-order valence-electron chi connectivity index (χ3n) is 5.11. The topological polar surface area (TPSA) is 46.5 Å². The lowest BCUT2D eigenvalue weighted by Gasteiger charge is -2.41. The summed E-state index contributed by atoms with van der Waals surface area (Å²) >= 11 is 1.52. The van der Waals surface area contributed by atoms with E-state index < -0.39 is 51.6 Å². The molecule has 0 amide bonds. The van der Waals surface area contributed by atoms with Gasteiger partial charge < -0.3 is 9.84 Å². The zero-order chi connectivity index (χ0) is 21.3. The molecule has 1 saturated carbocycles. The van der Waals surface area contributed by atoms with Gasteiger partial charge >= 0.3 is 18.3 Å². The van der Waals surface area contributed by atoms with E-state index in [1.165, 1.54) is 36.4 Å². The van der Waals surface area contributed by atoms with Gasteiger partial charge in [0.1, 0.15) is 9.53 Å². The average Bonchev–Trinajstić information content (AvgIpc) is 2.51. The smallest absolute Gasteiger partial charge is 0.430 e. The summed E-state index contributed by atoms with van der Waals surface area (Å²) in [6.45, 7) is 2.63. The first-order valence-electron chi connectivity index (χ1n) is 8.56. The van der Waals surface area contributed by atoms with Gasteiger partial charge in [0.2, 0.25) is 0 Å². The molecule has 2 radical (unpaired) electrons. The van der Waals surface area contributed by atoms with Crippen LogP contribution in [0.2, 0.25) is 5.82 Å². The van der Waals surface area contributed by atoms with Crippen LogP contribution in [-0.2, 0) is 9.53 Å². The quantitative estimate of drug-likeness (QED) is 0.181. The summed E-state index contributed by atoms with van der Waals surface area (Å²) in [5, 5.41) is 9.77. The van der Waals surface area contributed by atoms with Crippen LogP contribution in [0.25, 0.3) is 0 Å². The monoisotopic (exact) mass is 514 g/mol. The van der Waals surface area contributed by atoms with Crippen molar-refractivity contribution in [2.24, 2.45) is 5.92 Å². The zero-order valence-corrected chi connectivity index (χ0v) is 17.1. The van der Waals surface area contributed by atoms with E-state index in [1.54, 1.807) is 0 Å². The Labute approximate surface area is 169 Å². The first-order chi connectivity index (χ1) is 12.0. The molecular weight excluding hydrogens is 492 g/mol. The van der Waals surface area contributed by atoms with E-state index in [2.05, 4.69) is 4.74 Å². The van der Waals surface area contributed by atoms with E-state index in [1.807, 2.05) is 0 Å². The normalized spacial score (nSPS) is 22.0. The predicted octanol–water partition coefficient (Wildman–Crippen LogP) is 4.89. The van der Waals surface area contributed by atoms with Crippen molar-refractivity contribution in [2.75, 3.05) is 0 Å². The Balaban J connectivity index is 3.28. The van der Waals surface area contributed by atoms with Crippen LogP contribution in [-0.4, -0.2) is 46.4 Å². The number of esters is 1. The van der Waals surface area contributed by atoms with Crippen LogP contribution in [0.5, 0.6) is 0 Å². The molecule has 0 aromatic rings. The molecule has 3 nitrogen and oxygen atoms in total. The van der Waals surface area contributed by atoms with E-state index in [0.717, 1.165) is 6.42 Å².